The van der Waals surface area contributed by atoms with Crippen molar-refractivity contribution in [2.45, 2.75) is 51.0 Å². The lowest BCUT2D eigenvalue weighted by atomic mass is 9.87. The van der Waals surface area contributed by atoms with Gasteiger partial charge in [0, 0.05) is 54.1 Å². The zero-order valence-electron chi connectivity index (χ0n) is 25.2. The molecule has 0 radical (unpaired) electrons. The molecule has 0 aliphatic carbocycles. The number of methoxy groups -OCH3 is 2. The topological polar surface area (TPSA) is 112 Å². The van der Waals surface area contributed by atoms with Crippen LogP contribution in [0.3, 0.4) is 0 Å². The quantitative estimate of drug-likeness (QED) is 0.223. The highest BCUT2D eigenvalue weighted by atomic mass is 19.4. The molecule has 3 heterocycles. The Kier molecular flexibility index (Phi) is 9.47. The number of benzene rings is 2. The summed E-state index contributed by atoms with van der Waals surface area (Å²) >= 11 is 0. The van der Waals surface area contributed by atoms with Gasteiger partial charge < -0.3 is 14.2 Å². The van der Waals surface area contributed by atoms with Crippen molar-refractivity contribution in [1.82, 2.24) is 25.3 Å². The van der Waals surface area contributed by atoms with Gasteiger partial charge in [-0.2, -0.15) is 13.2 Å². The second-order valence-corrected chi connectivity index (χ2v) is 10.4. The first kappa shape index (κ1) is 31.6. The van der Waals surface area contributed by atoms with Crippen LogP contribution in [0, 0.1) is 0 Å². The van der Waals surface area contributed by atoms with Gasteiger partial charge in [0.05, 0.1) is 38.1 Å². The van der Waals surface area contributed by atoms with E-state index in [2.05, 4.69) is 25.3 Å². The van der Waals surface area contributed by atoms with Gasteiger partial charge in [-0.15, -0.1) is 0 Å². The molecule has 0 fully saturated rings. The normalized spacial score (nSPS) is 16.9. The molecule has 4 aromatic rings. The first-order chi connectivity index (χ1) is 21.7. The third-order valence-corrected chi connectivity index (χ3v) is 7.70. The van der Waals surface area contributed by atoms with Crippen molar-refractivity contribution >= 4 is 11.8 Å². The number of carbonyl (C=O) groups is 1. The van der Waals surface area contributed by atoms with Gasteiger partial charge >= 0.3 is 12.3 Å². The molecule has 1 unspecified atom stereocenters. The Morgan fingerprint density at radius 1 is 0.978 bits per heavy atom. The van der Waals surface area contributed by atoms with E-state index in [1.54, 1.807) is 49.9 Å². The minimum absolute atomic E-state index is 0.131. The van der Waals surface area contributed by atoms with Gasteiger partial charge in [-0.05, 0) is 61.2 Å². The van der Waals surface area contributed by atoms with Crippen molar-refractivity contribution in [3.63, 3.8) is 0 Å². The van der Waals surface area contributed by atoms with E-state index in [0.717, 1.165) is 17.7 Å². The summed E-state index contributed by atoms with van der Waals surface area (Å²) in [5, 5.41) is 3.53. The van der Waals surface area contributed by atoms with E-state index in [0.29, 0.717) is 52.5 Å². The second-order valence-electron chi connectivity index (χ2n) is 10.4. The number of hydrogen-bond acceptors (Lipinski definition) is 9. The number of halogens is 3. The van der Waals surface area contributed by atoms with Crippen LogP contribution in [0.25, 0.3) is 11.1 Å². The van der Waals surface area contributed by atoms with E-state index < -0.39 is 29.9 Å². The second kappa shape index (κ2) is 13.5. The van der Waals surface area contributed by atoms with Gasteiger partial charge in [0.1, 0.15) is 23.7 Å². The van der Waals surface area contributed by atoms with Crippen molar-refractivity contribution in [2.75, 3.05) is 25.7 Å². The molecule has 45 heavy (non-hydrogen) atoms. The van der Waals surface area contributed by atoms with E-state index in [1.807, 2.05) is 6.92 Å². The van der Waals surface area contributed by atoms with Crippen LogP contribution in [0.15, 0.2) is 67.5 Å². The van der Waals surface area contributed by atoms with Gasteiger partial charge in [0.15, 0.2) is 0 Å². The first-order valence-corrected chi connectivity index (χ1v) is 14.4. The maximum atomic E-state index is 14.0. The number of rotatable bonds is 9. The molecule has 0 spiro atoms. The Morgan fingerprint density at radius 3 is 2.20 bits per heavy atom. The van der Waals surface area contributed by atoms with E-state index >= 15 is 0 Å². The molecule has 0 saturated carbocycles. The van der Waals surface area contributed by atoms with E-state index in [9.17, 15) is 18.0 Å². The summed E-state index contributed by atoms with van der Waals surface area (Å²) in [5.74, 6) is 1.38. The molecule has 1 aliphatic heterocycles. The van der Waals surface area contributed by atoms with Gasteiger partial charge in [-0.25, -0.2) is 24.7 Å². The Hall–Kier alpha value is -4.78. The van der Waals surface area contributed by atoms with Crippen LogP contribution in [0.5, 0.6) is 11.5 Å². The third kappa shape index (κ3) is 6.83. The van der Waals surface area contributed by atoms with Crippen LogP contribution in [-0.4, -0.2) is 52.9 Å². The summed E-state index contributed by atoms with van der Waals surface area (Å²) in [6.45, 7) is 3.73. The minimum Gasteiger partial charge on any atom is -0.497 e. The molecule has 10 nitrogen and oxygen atoms in total. The molecule has 2 aromatic heterocycles. The fourth-order valence-electron chi connectivity index (χ4n) is 5.48. The fourth-order valence-corrected chi connectivity index (χ4v) is 5.48. The number of aromatic nitrogens is 4. The number of nitrogens with one attached hydrogen (secondary N) is 1. The Labute approximate surface area is 258 Å². The molecule has 1 N–H and O–H groups in total. The molecule has 2 aromatic carbocycles. The zero-order valence-corrected chi connectivity index (χ0v) is 25.2. The van der Waals surface area contributed by atoms with Crippen LogP contribution in [0.1, 0.15) is 61.3 Å². The number of alkyl halides is 3. The Balaban J connectivity index is 1.63. The zero-order chi connectivity index (χ0) is 32.1. The number of hydrogen-bond donors (Lipinski definition) is 1. The molecule has 236 valence electrons. The monoisotopic (exact) mass is 622 g/mol. The standard InChI is InChI=1S/C32H33F3N6O4/c1-5-23-12-27(26-11-22(32(33,34)35)7-8-28(26)41(23)31(42)45-6-2)40-29(19-9-24(43-3)13-25(10-19)44-4)30-38-16-21(17-39-30)20-14-36-18-37-15-20/h7-11,13-18,23,27,29,40H,5-6,12H2,1-4H3/t23-,27+,29?/m1/s1. The van der Waals surface area contributed by atoms with Crippen LogP contribution < -0.4 is 19.7 Å². The van der Waals surface area contributed by atoms with Gasteiger partial charge in [0.25, 0.3) is 0 Å². The predicted molar refractivity (Wildman–Crippen MR) is 160 cm³/mol. The number of ether oxygens (including phenoxy) is 3. The molecule has 0 saturated heterocycles. The van der Waals surface area contributed by atoms with Gasteiger partial charge in [0.2, 0.25) is 0 Å². The van der Waals surface area contributed by atoms with E-state index in [1.165, 1.54) is 31.5 Å². The van der Waals surface area contributed by atoms with Gasteiger partial charge in [-0.1, -0.05) is 6.92 Å². The SMILES string of the molecule is CCOC(=O)N1c2ccc(C(F)(F)F)cc2[C@@H](NC(c2cc(OC)cc(OC)c2)c2ncc(-c3cncnc3)cn2)C[C@H]1CC. The molecular weight excluding hydrogens is 589 g/mol. The first-order valence-electron chi connectivity index (χ1n) is 14.4. The molecule has 5 rings (SSSR count). The van der Waals surface area contributed by atoms with Crippen LogP contribution in [0.2, 0.25) is 0 Å². The molecule has 0 bridgehead atoms. The fraction of sp³-hybridized carbons (Fsp3) is 0.344. The maximum absolute atomic E-state index is 14.0. The van der Waals surface area contributed by atoms with Crippen molar-refractivity contribution < 1.29 is 32.2 Å². The minimum atomic E-state index is -4.59. The highest BCUT2D eigenvalue weighted by molar-refractivity contribution is 5.90. The molecule has 3 atom stereocenters. The molecule has 1 amide bonds. The van der Waals surface area contributed by atoms with Crippen molar-refractivity contribution in [3.05, 3.63) is 90.0 Å². The van der Waals surface area contributed by atoms with E-state index in [-0.39, 0.29) is 12.6 Å². The third-order valence-electron chi connectivity index (χ3n) is 7.70. The number of nitrogens with zero attached hydrogens (tertiary/aromatic N) is 5. The van der Waals surface area contributed by atoms with Crippen LogP contribution in [0.4, 0.5) is 23.7 Å². The van der Waals surface area contributed by atoms with E-state index in [4.69, 9.17) is 14.2 Å². The number of amides is 1. The summed E-state index contributed by atoms with van der Waals surface area (Å²) in [6.07, 6.45) is 3.64. The number of carbonyl (C=O) groups excluding carboxylic acids is 1. The van der Waals surface area contributed by atoms with Crippen LogP contribution in [-0.2, 0) is 10.9 Å². The average molecular weight is 623 g/mol. The number of fused-ring (bicyclic) bond motifs is 1. The summed E-state index contributed by atoms with van der Waals surface area (Å²) in [4.78, 5) is 31.9. The summed E-state index contributed by atoms with van der Waals surface area (Å²) in [6, 6.07) is 7.01. The largest absolute Gasteiger partial charge is 0.497 e. The lowest BCUT2D eigenvalue weighted by Gasteiger charge is -2.41. The molecule has 13 heteroatoms. The average Bonchev–Trinajstić information content (AvgIpc) is 3.06. The lowest BCUT2D eigenvalue weighted by molar-refractivity contribution is -0.137. The highest BCUT2D eigenvalue weighted by Crippen LogP contribution is 2.43. The maximum Gasteiger partial charge on any atom is 0.416 e. The van der Waals surface area contributed by atoms with Crippen molar-refractivity contribution in [1.29, 1.82) is 0 Å². The van der Waals surface area contributed by atoms with Crippen LogP contribution >= 0.6 is 0 Å². The Bertz CT molecular complexity index is 1600. The summed E-state index contributed by atoms with van der Waals surface area (Å²) in [5.41, 5.74) is 1.91. The van der Waals surface area contributed by atoms with Crippen molar-refractivity contribution in [2.24, 2.45) is 0 Å². The summed E-state index contributed by atoms with van der Waals surface area (Å²) < 4.78 is 58.2. The van der Waals surface area contributed by atoms with Gasteiger partial charge in [-0.3, -0.25) is 10.2 Å². The highest BCUT2D eigenvalue weighted by Gasteiger charge is 2.40. The summed E-state index contributed by atoms with van der Waals surface area (Å²) in [7, 11) is 3.06. The predicted octanol–water partition coefficient (Wildman–Crippen LogP) is 6.54. The number of anilines is 1. The Morgan fingerprint density at radius 2 is 1.62 bits per heavy atom. The van der Waals surface area contributed by atoms with Crippen molar-refractivity contribution in [3.8, 4) is 22.6 Å². The lowest BCUT2D eigenvalue weighted by Crippen LogP contribution is -2.47. The molecular formula is C32H33F3N6O4. The molecule has 1 aliphatic rings. The smallest absolute Gasteiger partial charge is 0.416 e.